The Bertz CT molecular complexity index is 531. The van der Waals surface area contributed by atoms with Gasteiger partial charge in [0, 0.05) is 19.2 Å². The third-order valence-corrected chi connectivity index (χ3v) is 3.47. The standard InChI is InChI=1S/C13H18N4O/c1-18-10-2-3-11-12(8-10)16-13(15-11)9-17-6-4-14-5-7-17/h2-3,8,14H,4-7,9H2,1H3,(H,15,16)/p+1. The van der Waals surface area contributed by atoms with Crippen molar-refractivity contribution in [2.75, 3.05) is 33.3 Å². The van der Waals surface area contributed by atoms with E-state index in [9.17, 15) is 0 Å². The second-order valence-electron chi connectivity index (χ2n) is 4.74. The summed E-state index contributed by atoms with van der Waals surface area (Å²) in [6.07, 6.45) is 0. The highest BCUT2D eigenvalue weighted by Gasteiger charge is 2.15. The van der Waals surface area contributed by atoms with E-state index < -0.39 is 0 Å². The molecule has 3 N–H and O–H groups in total. The van der Waals surface area contributed by atoms with Crippen molar-refractivity contribution in [3.63, 3.8) is 0 Å². The Morgan fingerprint density at radius 3 is 2.94 bits per heavy atom. The average Bonchev–Trinajstić information content (AvgIpc) is 2.80. The molecular formula is C13H19N4O+. The summed E-state index contributed by atoms with van der Waals surface area (Å²) >= 11 is 0. The SMILES string of the molecule is COc1ccc2nc(C[NH+]3CCNCC3)[nH]c2c1. The molecule has 2 aromatic rings. The summed E-state index contributed by atoms with van der Waals surface area (Å²) in [5.74, 6) is 1.93. The molecule has 0 saturated carbocycles. The summed E-state index contributed by atoms with van der Waals surface area (Å²) < 4.78 is 5.22. The molecule has 1 aliphatic rings. The van der Waals surface area contributed by atoms with Gasteiger partial charge in [0.25, 0.3) is 0 Å². The van der Waals surface area contributed by atoms with E-state index in [0.717, 1.165) is 42.2 Å². The number of nitrogens with zero attached hydrogens (tertiary/aromatic N) is 1. The van der Waals surface area contributed by atoms with Crippen molar-refractivity contribution < 1.29 is 9.64 Å². The van der Waals surface area contributed by atoms with Crippen LogP contribution in [0.5, 0.6) is 5.75 Å². The highest BCUT2D eigenvalue weighted by Crippen LogP contribution is 2.18. The summed E-state index contributed by atoms with van der Waals surface area (Å²) in [6, 6.07) is 5.95. The van der Waals surface area contributed by atoms with Crippen LogP contribution in [0, 0.1) is 0 Å². The molecule has 0 spiro atoms. The number of imidazole rings is 1. The maximum absolute atomic E-state index is 5.22. The van der Waals surface area contributed by atoms with E-state index in [1.807, 2.05) is 18.2 Å². The zero-order valence-corrected chi connectivity index (χ0v) is 10.6. The van der Waals surface area contributed by atoms with Gasteiger partial charge in [-0.2, -0.15) is 0 Å². The van der Waals surface area contributed by atoms with Crippen LogP contribution in [0.2, 0.25) is 0 Å². The number of methoxy groups -OCH3 is 1. The number of piperazine rings is 1. The van der Waals surface area contributed by atoms with Gasteiger partial charge in [-0.15, -0.1) is 0 Å². The second-order valence-corrected chi connectivity index (χ2v) is 4.74. The summed E-state index contributed by atoms with van der Waals surface area (Å²) in [6.45, 7) is 5.51. The second kappa shape index (κ2) is 4.96. The maximum atomic E-state index is 5.22. The molecule has 2 heterocycles. The quantitative estimate of drug-likeness (QED) is 0.689. The number of aromatic nitrogens is 2. The topological polar surface area (TPSA) is 54.4 Å². The molecule has 1 aromatic carbocycles. The first-order chi connectivity index (χ1) is 8.85. The van der Waals surface area contributed by atoms with Gasteiger partial charge in [0.05, 0.1) is 31.2 Å². The zero-order chi connectivity index (χ0) is 12.4. The molecule has 5 heteroatoms. The van der Waals surface area contributed by atoms with Crippen LogP contribution in [0.1, 0.15) is 5.82 Å². The van der Waals surface area contributed by atoms with Crippen LogP contribution in [-0.4, -0.2) is 43.3 Å². The number of H-pyrrole nitrogens is 1. The largest absolute Gasteiger partial charge is 0.497 e. The first kappa shape index (κ1) is 11.5. The molecule has 0 aliphatic carbocycles. The van der Waals surface area contributed by atoms with Crippen molar-refractivity contribution in [3.8, 4) is 5.75 Å². The molecule has 5 nitrogen and oxygen atoms in total. The van der Waals surface area contributed by atoms with Gasteiger partial charge in [0.15, 0.2) is 5.82 Å². The van der Waals surface area contributed by atoms with Gasteiger partial charge in [0.1, 0.15) is 12.3 Å². The van der Waals surface area contributed by atoms with Gasteiger partial charge in [-0.25, -0.2) is 4.98 Å². The lowest BCUT2D eigenvalue weighted by molar-refractivity contribution is -0.916. The first-order valence-electron chi connectivity index (χ1n) is 6.42. The van der Waals surface area contributed by atoms with Gasteiger partial charge in [-0.1, -0.05) is 0 Å². The number of benzene rings is 1. The Balaban J connectivity index is 1.79. The number of nitrogens with one attached hydrogen (secondary N) is 3. The molecule has 1 aromatic heterocycles. The summed E-state index contributed by atoms with van der Waals surface area (Å²) in [5.41, 5.74) is 2.07. The van der Waals surface area contributed by atoms with Gasteiger partial charge in [0.2, 0.25) is 0 Å². The number of ether oxygens (including phenoxy) is 1. The zero-order valence-electron chi connectivity index (χ0n) is 10.6. The summed E-state index contributed by atoms with van der Waals surface area (Å²) in [5, 5.41) is 3.37. The fraction of sp³-hybridized carbons (Fsp3) is 0.462. The number of hydrogen-bond donors (Lipinski definition) is 3. The van der Waals surface area contributed by atoms with E-state index in [4.69, 9.17) is 4.74 Å². The predicted molar refractivity (Wildman–Crippen MR) is 69.9 cm³/mol. The number of fused-ring (bicyclic) bond motifs is 1. The molecule has 0 radical (unpaired) electrons. The molecule has 1 aliphatic heterocycles. The Kier molecular flexibility index (Phi) is 3.17. The average molecular weight is 247 g/mol. The minimum absolute atomic E-state index is 0.868. The number of aromatic amines is 1. The Hall–Kier alpha value is -1.59. The van der Waals surface area contributed by atoms with Crippen LogP contribution < -0.4 is 15.0 Å². The molecular weight excluding hydrogens is 228 g/mol. The maximum Gasteiger partial charge on any atom is 0.162 e. The van der Waals surface area contributed by atoms with E-state index in [0.29, 0.717) is 0 Å². The number of quaternary nitrogens is 1. The van der Waals surface area contributed by atoms with E-state index >= 15 is 0 Å². The van der Waals surface area contributed by atoms with Crippen LogP contribution in [-0.2, 0) is 6.54 Å². The van der Waals surface area contributed by atoms with Crippen LogP contribution >= 0.6 is 0 Å². The van der Waals surface area contributed by atoms with Crippen LogP contribution in [0.25, 0.3) is 11.0 Å². The van der Waals surface area contributed by atoms with Gasteiger partial charge >= 0.3 is 0 Å². The lowest BCUT2D eigenvalue weighted by Crippen LogP contribution is -3.13. The summed E-state index contributed by atoms with van der Waals surface area (Å²) in [7, 11) is 1.68. The van der Waals surface area contributed by atoms with Crippen molar-refractivity contribution in [2.24, 2.45) is 0 Å². The summed E-state index contributed by atoms with van der Waals surface area (Å²) in [4.78, 5) is 9.60. The molecule has 0 bridgehead atoms. The van der Waals surface area contributed by atoms with E-state index in [1.165, 1.54) is 13.1 Å². The Labute approximate surface area is 106 Å². The minimum atomic E-state index is 0.868. The Morgan fingerprint density at radius 1 is 1.33 bits per heavy atom. The molecule has 96 valence electrons. The molecule has 0 atom stereocenters. The fourth-order valence-corrected chi connectivity index (χ4v) is 2.45. The third kappa shape index (κ3) is 2.32. The van der Waals surface area contributed by atoms with E-state index in [2.05, 4.69) is 15.3 Å². The number of hydrogen-bond acceptors (Lipinski definition) is 3. The normalized spacial score (nSPS) is 17.2. The molecule has 1 saturated heterocycles. The van der Waals surface area contributed by atoms with Gasteiger partial charge in [-0.3, -0.25) is 0 Å². The smallest absolute Gasteiger partial charge is 0.162 e. The molecule has 1 fully saturated rings. The van der Waals surface area contributed by atoms with Crippen molar-refractivity contribution in [1.82, 2.24) is 15.3 Å². The molecule has 18 heavy (non-hydrogen) atoms. The van der Waals surface area contributed by atoms with Crippen molar-refractivity contribution in [2.45, 2.75) is 6.54 Å². The Morgan fingerprint density at radius 2 is 2.17 bits per heavy atom. The molecule has 0 amide bonds. The van der Waals surface area contributed by atoms with Gasteiger partial charge < -0.3 is 19.9 Å². The van der Waals surface area contributed by atoms with E-state index in [-0.39, 0.29) is 0 Å². The molecule has 0 unspecified atom stereocenters. The van der Waals surface area contributed by atoms with Crippen LogP contribution in [0.4, 0.5) is 0 Å². The van der Waals surface area contributed by atoms with Crippen molar-refractivity contribution in [1.29, 1.82) is 0 Å². The van der Waals surface area contributed by atoms with Crippen molar-refractivity contribution >= 4 is 11.0 Å². The lowest BCUT2D eigenvalue weighted by atomic mass is 10.3. The predicted octanol–water partition coefficient (Wildman–Crippen LogP) is -0.440. The van der Waals surface area contributed by atoms with E-state index in [1.54, 1.807) is 12.0 Å². The highest BCUT2D eigenvalue weighted by molar-refractivity contribution is 5.76. The minimum Gasteiger partial charge on any atom is -0.497 e. The van der Waals surface area contributed by atoms with Gasteiger partial charge in [-0.05, 0) is 12.1 Å². The first-order valence-corrected chi connectivity index (χ1v) is 6.42. The highest BCUT2D eigenvalue weighted by atomic mass is 16.5. The monoisotopic (exact) mass is 247 g/mol. The van der Waals surface area contributed by atoms with Crippen molar-refractivity contribution in [3.05, 3.63) is 24.0 Å². The fourth-order valence-electron chi connectivity index (χ4n) is 2.45. The molecule has 3 rings (SSSR count). The van der Waals surface area contributed by atoms with Crippen LogP contribution in [0.15, 0.2) is 18.2 Å². The lowest BCUT2D eigenvalue weighted by Gasteiger charge is -2.23. The number of rotatable bonds is 3. The van der Waals surface area contributed by atoms with Crippen LogP contribution in [0.3, 0.4) is 0 Å². The third-order valence-electron chi connectivity index (χ3n) is 3.47.